The van der Waals surface area contributed by atoms with Crippen LogP contribution in [0.4, 0.5) is 0 Å². The van der Waals surface area contributed by atoms with Crippen molar-refractivity contribution in [2.24, 2.45) is 0 Å². The molecule has 0 aliphatic carbocycles. The molecule has 1 aromatic rings. The number of benzene rings is 1. The van der Waals surface area contributed by atoms with Gasteiger partial charge in [0.25, 0.3) is 0 Å². The molecular formula is C13H21NO. The van der Waals surface area contributed by atoms with Crippen LogP contribution >= 0.6 is 0 Å². The van der Waals surface area contributed by atoms with Crippen LogP contribution in [0.5, 0.6) is 5.75 Å². The van der Waals surface area contributed by atoms with Gasteiger partial charge in [-0.05, 0) is 50.7 Å². The third-order valence-electron chi connectivity index (χ3n) is 2.69. The van der Waals surface area contributed by atoms with Gasteiger partial charge in [-0.1, -0.05) is 19.1 Å². The lowest BCUT2D eigenvalue weighted by molar-refractivity contribution is 0.385. The topological polar surface area (TPSA) is 12.5 Å². The van der Waals surface area contributed by atoms with Gasteiger partial charge in [0, 0.05) is 0 Å². The van der Waals surface area contributed by atoms with Crippen LogP contribution in [-0.4, -0.2) is 32.6 Å². The number of nitrogens with zero attached hydrogens (tertiary/aromatic N) is 1. The van der Waals surface area contributed by atoms with Gasteiger partial charge in [0.2, 0.25) is 0 Å². The smallest absolute Gasteiger partial charge is 0.118 e. The largest absolute Gasteiger partial charge is 0.497 e. The summed E-state index contributed by atoms with van der Waals surface area (Å²) in [4.78, 5) is 2.22. The molecule has 0 aliphatic rings. The summed E-state index contributed by atoms with van der Waals surface area (Å²) in [5, 5.41) is 0. The molecule has 1 rings (SSSR count). The van der Waals surface area contributed by atoms with E-state index in [9.17, 15) is 0 Å². The van der Waals surface area contributed by atoms with Crippen molar-refractivity contribution < 1.29 is 4.74 Å². The van der Waals surface area contributed by atoms with Gasteiger partial charge in [0.1, 0.15) is 5.75 Å². The van der Waals surface area contributed by atoms with Crippen molar-refractivity contribution in [2.75, 3.05) is 27.7 Å². The van der Waals surface area contributed by atoms with Crippen LogP contribution in [0, 0.1) is 0 Å². The summed E-state index contributed by atoms with van der Waals surface area (Å²) in [6.07, 6.45) is 1.19. The maximum absolute atomic E-state index is 5.14. The second-order valence-electron chi connectivity index (χ2n) is 4.27. The first-order valence-corrected chi connectivity index (χ1v) is 5.42. The molecule has 84 valence electrons. The maximum atomic E-state index is 5.14. The van der Waals surface area contributed by atoms with Gasteiger partial charge in [0.05, 0.1) is 7.11 Å². The highest BCUT2D eigenvalue weighted by Crippen LogP contribution is 2.21. The Bertz CT molecular complexity index is 279. The van der Waals surface area contributed by atoms with E-state index in [4.69, 9.17) is 4.74 Å². The van der Waals surface area contributed by atoms with Gasteiger partial charge < -0.3 is 9.64 Å². The first-order chi connectivity index (χ1) is 7.13. The van der Waals surface area contributed by atoms with Crippen molar-refractivity contribution in [3.05, 3.63) is 29.8 Å². The molecule has 0 heterocycles. The number of hydrogen-bond donors (Lipinski definition) is 0. The summed E-state index contributed by atoms with van der Waals surface area (Å²) >= 11 is 0. The van der Waals surface area contributed by atoms with E-state index in [1.165, 1.54) is 12.0 Å². The van der Waals surface area contributed by atoms with E-state index in [0.717, 1.165) is 12.3 Å². The van der Waals surface area contributed by atoms with Crippen molar-refractivity contribution in [2.45, 2.75) is 19.3 Å². The zero-order valence-corrected chi connectivity index (χ0v) is 10.2. The Kier molecular flexibility index (Phi) is 4.63. The predicted octanol–water partition coefficient (Wildman–Crippen LogP) is 2.75. The lowest BCUT2D eigenvalue weighted by Gasteiger charge is -2.15. The second kappa shape index (κ2) is 5.76. The van der Waals surface area contributed by atoms with E-state index >= 15 is 0 Å². The fourth-order valence-electron chi connectivity index (χ4n) is 1.55. The Labute approximate surface area is 92.9 Å². The Morgan fingerprint density at radius 3 is 2.27 bits per heavy atom. The van der Waals surface area contributed by atoms with Crippen LogP contribution in [0.1, 0.15) is 24.8 Å². The average Bonchev–Trinajstić information content (AvgIpc) is 2.26. The molecule has 2 nitrogen and oxygen atoms in total. The van der Waals surface area contributed by atoms with E-state index in [2.05, 4.69) is 38.1 Å². The highest BCUT2D eigenvalue weighted by molar-refractivity contribution is 5.29. The Hall–Kier alpha value is -1.02. The van der Waals surface area contributed by atoms with E-state index < -0.39 is 0 Å². The summed E-state index contributed by atoms with van der Waals surface area (Å²) in [5.74, 6) is 1.54. The van der Waals surface area contributed by atoms with Gasteiger partial charge in [-0.3, -0.25) is 0 Å². The van der Waals surface area contributed by atoms with Crippen LogP contribution in [0.15, 0.2) is 24.3 Å². The second-order valence-corrected chi connectivity index (χ2v) is 4.27. The van der Waals surface area contributed by atoms with Crippen molar-refractivity contribution >= 4 is 0 Å². The quantitative estimate of drug-likeness (QED) is 0.736. The number of rotatable bonds is 5. The number of hydrogen-bond acceptors (Lipinski definition) is 2. The standard InChI is InChI=1S/C13H21NO/c1-11(9-10-14(2)3)12-5-7-13(15-4)8-6-12/h5-8,11H,9-10H2,1-4H3. The van der Waals surface area contributed by atoms with E-state index in [0.29, 0.717) is 5.92 Å². The van der Waals surface area contributed by atoms with Crippen molar-refractivity contribution in [1.82, 2.24) is 4.90 Å². The minimum absolute atomic E-state index is 0.610. The summed E-state index contributed by atoms with van der Waals surface area (Å²) < 4.78 is 5.14. The normalized spacial score (nSPS) is 12.9. The number of ether oxygens (including phenoxy) is 1. The molecule has 0 fully saturated rings. The summed E-state index contributed by atoms with van der Waals surface area (Å²) in [6.45, 7) is 3.40. The van der Waals surface area contributed by atoms with Gasteiger partial charge in [-0.15, -0.1) is 0 Å². The third kappa shape index (κ3) is 3.92. The van der Waals surface area contributed by atoms with E-state index in [1.54, 1.807) is 7.11 Å². The Morgan fingerprint density at radius 2 is 1.80 bits per heavy atom. The van der Waals surface area contributed by atoms with Crippen LogP contribution in [0.2, 0.25) is 0 Å². The van der Waals surface area contributed by atoms with Gasteiger partial charge in [-0.25, -0.2) is 0 Å². The van der Waals surface area contributed by atoms with Crippen molar-refractivity contribution in [3.63, 3.8) is 0 Å². The third-order valence-corrected chi connectivity index (χ3v) is 2.69. The molecular weight excluding hydrogens is 186 g/mol. The molecule has 0 spiro atoms. The Balaban J connectivity index is 2.54. The summed E-state index contributed by atoms with van der Waals surface area (Å²) in [7, 11) is 5.92. The Morgan fingerprint density at radius 1 is 1.20 bits per heavy atom. The zero-order chi connectivity index (χ0) is 11.3. The molecule has 0 radical (unpaired) electrons. The molecule has 1 atom stereocenters. The molecule has 0 saturated carbocycles. The fourth-order valence-corrected chi connectivity index (χ4v) is 1.55. The van der Waals surface area contributed by atoms with Crippen LogP contribution in [0.25, 0.3) is 0 Å². The lowest BCUT2D eigenvalue weighted by Crippen LogP contribution is -2.14. The fraction of sp³-hybridized carbons (Fsp3) is 0.538. The monoisotopic (exact) mass is 207 g/mol. The molecule has 1 unspecified atom stereocenters. The van der Waals surface area contributed by atoms with Gasteiger partial charge >= 0.3 is 0 Å². The first kappa shape index (κ1) is 12.1. The first-order valence-electron chi connectivity index (χ1n) is 5.42. The summed E-state index contributed by atoms with van der Waals surface area (Å²) in [6, 6.07) is 8.36. The average molecular weight is 207 g/mol. The minimum Gasteiger partial charge on any atom is -0.497 e. The maximum Gasteiger partial charge on any atom is 0.118 e. The van der Waals surface area contributed by atoms with Gasteiger partial charge in [-0.2, -0.15) is 0 Å². The molecule has 0 aromatic heterocycles. The highest BCUT2D eigenvalue weighted by Gasteiger charge is 2.05. The molecule has 0 N–H and O–H groups in total. The SMILES string of the molecule is COc1ccc(C(C)CCN(C)C)cc1. The van der Waals surface area contributed by atoms with E-state index in [1.807, 2.05) is 12.1 Å². The van der Waals surface area contributed by atoms with Crippen LogP contribution < -0.4 is 4.74 Å². The molecule has 0 amide bonds. The van der Waals surface area contributed by atoms with Crippen LogP contribution in [0.3, 0.4) is 0 Å². The molecule has 0 aliphatic heterocycles. The zero-order valence-electron chi connectivity index (χ0n) is 10.2. The van der Waals surface area contributed by atoms with Crippen molar-refractivity contribution in [3.8, 4) is 5.75 Å². The molecule has 0 saturated heterocycles. The molecule has 15 heavy (non-hydrogen) atoms. The van der Waals surface area contributed by atoms with Crippen LogP contribution in [-0.2, 0) is 0 Å². The number of methoxy groups -OCH3 is 1. The minimum atomic E-state index is 0.610. The molecule has 1 aromatic carbocycles. The lowest BCUT2D eigenvalue weighted by atomic mass is 9.98. The van der Waals surface area contributed by atoms with Crippen molar-refractivity contribution in [1.29, 1.82) is 0 Å². The van der Waals surface area contributed by atoms with E-state index in [-0.39, 0.29) is 0 Å². The predicted molar refractivity (Wildman–Crippen MR) is 64.6 cm³/mol. The molecule has 2 heteroatoms. The highest BCUT2D eigenvalue weighted by atomic mass is 16.5. The van der Waals surface area contributed by atoms with Gasteiger partial charge in [0.15, 0.2) is 0 Å². The summed E-state index contributed by atoms with van der Waals surface area (Å²) in [5.41, 5.74) is 1.39. The molecule has 0 bridgehead atoms.